The third-order valence-corrected chi connectivity index (χ3v) is 2.97. The summed E-state index contributed by atoms with van der Waals surface area (Å²) < 4.78 is 18.8. The van der Waals surface area contributed by atoms with Crippen molar-refractivity contribution in [3.63, 3.8) is 0 Å². The maximum atomic E-state index is 13.2. The first-order valence-electron chi connectivity index (χ1n) is 5.53. The molecule has 1 aliphatic heterocycles. The van der Waals surface area contributed by atoms with Crippen molar-refractivity contribution in [3.05, 3.63) is 59.4 Å². The van der Waals surface area contributed by atoms with Crippen molar-refractivity contribution in [1.82, 2.24) is 0 Å². The molecule has 3 nitrogen and oxygen atoms in total. The number of benzene rings is 2. The molecule has 0 bridgehead atoms. The second kappa shape index (κ2) is 4.99. The van der Waals surface area contributed by atoms with E-state index in [-0.39, 0.29) is 23.9 Å². The third-order valence-electron chi connectivity index (χ3n) is 2.97. The minimum absolute atomic E-state index is 0. The summed E-state index contributed by atoms with van der Waals surface area (Å²) in [6, 6.07) is 10.0. The standard InChI is InChI=1S/C14H10FNO2.ClH/c15-8-5-6-10-12(7-8)18-11-4-2-1-3-9(11)13(16)14(10)17;/h1-7,13H,16H2;1H. The molecule has 1 heterocycles. The summed E-state index contributed by atoms with van der Waals surface area (Å²) in [6.07, 6.45) is 0. The summed E-state index contributed by atoms with van der Waals surface area (Å²) in [4.78, 5) is 12.2. The molecule has 0 fully saturated rings. The Morgan fingerprint density at radius 1 is 1.11 bits per heavy atom. The van der Waals surface area contributed by atoms with E-state index >= 15 is 0 Å². The highest BCUT2D eigenvalue weighted by atomic mass is 35.5. The number of rotatable bonds is 0. The smallest absolute Gasteiger partial charge is 0.187 e. The predicted molar refractivity (Wildman–Crippen MR) is 71.4 cm³/mol. The van der Waals surface area contributed by atoms with Crippen LogP contribution in [0.15, 0.2) is 42.5 Å². The molecule has 0 amide bonds. The summed E-state index contributed by atoms with van der Waals surface area (Å²) in [5.74, 6) is -0.0208. The zero-order valence-corrected chi connectivity index (χ0v) is 10.6. The van der Waals surface area contributed by atoms with Crippen LogP contribution in [0, 0.1) is 5.82 Å². The quantitative estimate of drug-likeness (QED) is 0.805. The molecule has 0 aliphatic carbocycles. The van der Waals surface area contributed by atoms with Gasteiger partial charge in [0, 0.05) is 11.6 Å². The van der Waals surface area contributed by atoms with E-state index in [2.05, 4.69) is 0 Å². The molecule has 1 unspecified atom stereocenters. The topological polar surface area (TPSA) is 52.3 Å². The van der Waals surface area contributed by atoms with E-state index < -0.39 is 11.9 Å². The average Bonchev–Trinajstić information content (AvgIpc) is 2.47. The van der Waals surface area contributed by atoms with Crippen LogP contribution < -0.4 is 10.5 Å². The van der Waals surface area contributed by atoms with E-state index in [4.69, 9.17) is 10.5 Å². The number of carbonyl (C=O) groups is 1. The lowest BCUT2D eigenvalue weighted by molar-refractivity contribution is 0.0962. The molecule has 5 heteroatoms. The van der Waals surface area contributed by atoms with Crippen LogP contribution in [0.2, 0.25) is 0 Å². The van der Waals surface area contributed by atoms with Crippen molar-refractivity contribution < 1.29 is 13.9 Å². The Kier molecular flexibility index (Phi) is 3.55. The van der Waals surface area contributed by atoms with Gasteiger partial charge in [-0.15, -0.1) is 12.4 Å². The van der Waals surface area contributed by atoms with E-state index in [1.54, 1.807) is 24.3 Å². The minimum atomic E-state index is -0.784. The third kappa shape index (κ3) is 2.20. The van der Waals surface area contributed by atoms with E-state index in [0.29, 0.717) is 16.9 Å². The van der Waals surface area contributed by atoms with Crippen molar-refractivity contribution in [2.75, 3.05) is 0 Å². The van der Waals surface area contributed by atoms with Gasteiger partial charge in [0.05, 0.1) is 11.6 Å². The van der Waals surface area contributed by atoms with Crippen LogP contribution in [0.3, 0.4) is 0 Å². The molecule has 0 spiro atoms. The zero-order chi connectivity index (χ0) is 12.7. The van der Waals surface area contributed by atoms with Crippen LogP contribution in [0.25, 0.3) is 0 Å². The Morgan fingerprint density at radius 2 is 1.84 bits per heavy atom. The Morgan fingerprint density at radius 3 is 2.63 bits per heavy atom. The second-order valence-corrected chi connectivity index (χ2v) is 4.12. The number of ether oxygens (including phenoxy) is 1. The first-order chi connectivity index (χ1) is 8.66. The first kappa shape index (κ1) is 13.5. The Bertz CT molecular complexity index is 645. The van der Waals surface area contributed by atoms with Gasteiger partial charge in [0.25, 0.3) is 0 Å². The number of hydrogen-bond acceptors (Lipinski definition) is 3. The Labute approximate surface area is 115 Å². The van der Waals surface area contributed by atoms with E-state index in [0.717, 1.165) is 0 Å². The SMILES string of the molecule is Cl.NC1C(=O)c2ccc(F)cc2Oc2ccccc21. The Balaban J connectivity index is 0.00000133. The lowest BCUT2D eigenvalue weighted by Crippen LogP contribution is -2.20. The van der Waals surface area contributed by atoms with Crippen molar-refractivity contribution in [2.45, 2.75) is 6.04 Å². The molecule has 1 aliphatic rings. The predicted octanol–water partition coefficient (Wildman–Crippen LogP) is 3.24. The molecule has 0 saturated heterocycles. The fourth-order valence-corrected chi connectivity index (χ4v) is 2.04. The van der Waals surface area contributed by atoms with Crippen LogP contribution in [-0.4, -0.2) is 5.78 Å². The van der Waals surface area contributed by atoms with Crippen LogP contribution in [-0.2, 0) is 0 Å². The lowest BCUT2D eigenvalue weighted by atomic mass is 9.98. The highest BCUT2D eigenvalue weighted by Gasteiger charge is 2.28. The molecule has 0 aromatic heterocycles. The van der Waals surface area contributed by atoms with E-state index in [9.17, 15) is 9.18 Å². The van der Waals surface area contributed by atoms with Gasteiger partial charge in [0.15, 0.2) is 5.78 Å². The number of hydrogen-bond donors (Lipinski definition) is 1. The van der Waals surface area contributed by atoms with Crippen molar-refractivity contribution in [1.29, 1.82) is 0 Å². The van der Waals surface area contributed by atoms with Crippen LogP contribution >= 0.6 is 12.4 Å². The Hall–Kier alpha value is -1.91. The molecule has 0 saturated carbocycles. The molecule has 2 aromatic rings. The maximum Gasteiger partial charge on any atom is 0.187 e. The largest absolute Gasteiger partial charge is 0.456 e. The summed E-state index contributed by atoms with van der Waals surface area (Å²) in [6.45, 7) is 0. The molecule has 3 rings (SSSR count). The fraction of sp³-hybridized carbons (Fsp3) is 0.0714. The first-order valence-corrected chi connectivity index (χ1v) is 5.53. The van der Waals surface area contributed by atoms with Crippen molar-refractivity contribution >= 4 is 18.2 Å². The van der Waals surface area contributed by atoms with Gasteiger partial charge in [-0.2, -0.15) is 0 Å². The minimum Gasteiger partial charge on any atom is -0.456 e. The van der Waals surface area contributed by atoms with Gasteiger partial charge in [0.2, 0.25) is 0 Å². The average molecular weight is 280 g/mol. The van der Waals surface area contributed by atoms with Gasteiger partial charge >= 0.3 is 0 Å². The molecule has 1 atom stereocenters. The summed E-state index contributed by atoms with van der Waals surface area (Å²) in [5, 5.41) is 0. The molecule has 19 heavy (non-hydrogen) atoms. The second-order valence-electron chi connectivity index (χ2n) is 4.12. The van der Waals surface area contributed by atoms with E-state index in [1.165, 1.54) is 18.2 Å². The number of carbonyl (C=O) groups excluding carboxylic acids is 1. The lowest BCUT2D eigenvalue weighted by Gasteiger charge is -2.09. The molecule has 2 N–H and O–H groups in total. The fourth-order valence-electron chi connectivity index (χ4n) is 2.04. The van der Waals surface area contributed by atoms with Gasteiger partial charge in [-0.05, 0) is 18.2 Å². The number of halogens is 2. The number of Topliss-reactive ketones (excluding diaryl/α,β-unsaturated/α-hetero) is 1. The van der Waals surface area contributed by atoms with E-state index in [1.807, 2.05) is 0 Å². The monoisotopic (exact) mass is 279 g/mol. The highest BCUT2D eigenvalue weighted by molar-refractivity contribution is 6.03. The van der Waals surface area contributed by atoms with Gasteiger partial charge in [-0.3, -0.25) is 4.79 Å². The van der Waals surface area contributed by atoms with Gasteiger partial charge in [0.1, 0.15) is 17.3 Å². The van der Waals surface area contributed by atoms with Crippen LogP contribution in [0.4, 0.5) is 4.39 Å². The number of ketones is 1. The number of nitrogens with two attached hydrogens (primary N) is 1. The van der Waals surface area contributed by atoms with Crippen LogP contribution in [0.5, 0.6) is 11.5 Å². The normalized spacial score (nSPS) is 16.5. The van der Waals surface area contributed by atoms with Gasteiger partial charge < -0.3 is 10.5 Å². The molecule has 2 aromatic carbocycles. The number of fused-ring (bicyclic) bond motifs is 2. The molecule has 0 radical (unpaired) electrons. The zero-order valence-electron chi connectivity index (χ0n) is 9.80. The molecule has 98 valence electrons. The molecular formula is C14H11ClFNO2. The van der Waals surface area contributed by atoms with Gasteiger partial charge in [-0.25, -0.2) is 4.39 Å². The highest BCUT2D eigenvalue weighted by Crippen LogP contribution is 2.37. The summed E-state index contributed by atoms with van der Waals surface area (Å²) in [5.41, 5.74) is 6.84. The maximum absolute atomic E-state index is 13.2. The van der Waals surface area contributed by atoms with Crippen molar-refractivity contribution in [2.24, 2.45) is 5.73 Å². The van der Waals surface area contributed by atoms with Gasteiger partial charge in [-0.1, -0.05) is 18.2 Å². The van der Waals surface area contributed by atoms with Crippen LogP contribution in [0.1, 0.15) is 22.0 Å². The molecular weight excluding hydrogens is 269 g/mol. The summed E-state index contributed by atoms with van der Waals surface area (Å²) in [7, 11) is 0. The number of para-hydroxylation sites is 1. The summed E-state index contributed by atoms with van der Waals surface area (Å²) >= 11 is 0. The van der Waals surface area contributed by atoms with Crippen molar-refractivity contribution in [3.8, 4) is 11.5 Å².